The number of nitrogens with two attached hydrogens (primary N) is 1. The number of thiophene rings is 1. The molecule has 0 radical (unpaired) electrons. The number of hydrogen-bond acceptors (Lipinski definition) is 3. The van der Waals surface area contributed by atoms with Crippen molar-refractivity contribution in [1.29, 1.82) is 0 Å². The highest BCUT2D eigenvalue weighted by atomic mass is 32.1. The van der Waals surface area contributed by atoms with Crippen LogP contribution < -0.4 is 5.73 Å². The fraction of sp³-hybridized carbons (Fsp3) is 0.692. The summed E-state index contributed by atoms with van der Waals surface area (Å²) in [6.07, 6.45) is 3.17. The van der Waals surface area contributed by atoms with Crippen molar-refractivity contribution in [1.82, 2.24) is 4.90 Å². The molecule has 0 saturated carbocycles. The molecule has 1 rings (SSSR count). The molecule has 2 N–H and O–H groups in total. The molecule has 1 unspecified atom stereocenters. The van der Waals surface area contributed by atoms with E-state index in [2.05, 4.69) is 49.7 Å². The van der Waals surface area contributed by atoms with Crippen LogP contribution in [0.3, 0.4) is 0 Å². The Balaban J connectivity index is 2.78. The van der Waals surface area contributed by atoms with Crippen molar-refractivity contribution in [3.05, 3.63) is 22.4 Å². The fourth-order valence-electron chi connectivity index (χ4n) is 2.59. The van der Waals surface area contributed by atoms with Crippen LogP contribution in [0.4, 0.5) is 0 Å². The maximum Gasteiger partial charge on any atom is 0.0352 e. The lowest BCUT2D eigenvalue weighted by Crippen LogP contribution is -2.57. The molecule has 0 aromatic carbocycles. The molecule has 0 aliphatic carbocycles. The van der Waals surface area contributed by atoms with Crippen LogP contribution in [0, 0.1) is 0 Å². The molecule has 0 fully saturated rings. The summed E-state index contributed by atoms with van der Waals surface area (Å²) in [4.78, 5) is 2.30. The van der Waals surface area contributed by atoms with Gasteiger partial charge in [-0.1, -0.05) is 13.8 Å². The van der Waals surface area contributed by atoms with Crippen molar-refractivity contribution >= 4 is 11.3 Å². The number of nitrogens with zero attached hydrogens (tertiary/aromatic N) is 1. The minimum Gasteiger partial charge on any atom is -0.326 e. The van der Waals surface area contributed by atoms with Gasteiger partial charge >= 0.3 is 0 Å². The lowest BCUT2D eigenvalue weighted by molar-refractivity contribution is 0.106. The van der Waals surface area contributed by atoms with E-state index in [1.807, 2.05) is 0 Å². The Hall–Kier alpha value is -0.380. The Bertz CT molecular complexity index is 289. The molecule has 0 aliphatic heterocycles. The number of likely N-dealkylation sites (N-methyl/N-ethyl adjacent to an activating group) is 1. The number of hydrogen-bond donors (Lipinski definition) is 1. The zero-order valence-electron chi connectivity index (χ0n) is 10.9. The third kappa shape index (κ3) is 2.65. The molecule has 1 aromatic heterocycles. The first kappa shape index (κ1) is 13.7. The third-order valence-electron chi connectivity index (χ3n) is 3.84. The molecule has 1 heterocycles. The van der Waals surface area contributed by atoms with Crippen LogP contribution in [0.15, 0.2) is 16.8 Å². The first-order chi connectivity index (χ1) is 7.56. The molecular formula is C13H24N2S. The summed E-state index contributed by atoms with van der Waals surface area (Å²) >= 11 is 1.75. The van der Waals surface area contributed by atoms with Gasteiger partial charge in [0, 0.05) is 11.6 Å². The molecule has 0 spiro atoms. The van der Waals surface area contributed by atoms with Gasteiger partial charge in [-0.05, 0) is 55.7 Å². The Morgan fingerprint density at radius 2 is 2.00 bits per heavy atom. The van der Waals surface area contributed by atoms with E-state index in [4.69, 9.17) is 5.73 Å². The molecule has 1 atom stereocenters. The minimum atomic E-state index is 0.127. The predicted octanol–water partition coefficient (Wildman–Crippen LogP) is 2.74. The quantitative estimate of drug-likeness (QED) is 0.828. The Morgan fingerprint density at radius 1 is 1.38 bits per heavy atom. The van der Waals surface area contributed by atoms with Gasteiger partial charge in [-0.3, -0.25) is 0 Å². The second-order valence-electron chi connectivity index (χ2n) is 4.65. The molecule has 0 bridgehead atoms. The summed E-state index contributed by atoms with van der Waals surface area (Å²) in [6.45, 7) is 4.47. The molecule has 16 heavy (non-hydrogen) atoms. The lowest BCUT2D eigenvalue weighted by atomic mass is 9.81. The second-order valence-corrected chi connectivity index (χ2v) is 5.43. The zero-order chi connectivity index (χ0) is 12.2. The van der Waals surface area contributed by atoms with Crippen molar-refractivity contribution in [2.75, 3.05) is 14.1 Å². The third-order valence-corrected chi connectivity index (χ3v) is 4.57. The van der Waals surface area contributed by atoms with E-state index in [0.29, 0.717) is 0 Å². The molecule has 0 amide bonds. The van der Waals surface area contributed by atoms with Crippen LogP contribution in [0.2, 0.25) is 0 Å². The highest BCUT2D eigenvalue weighted by Gasteiger charge is 2.35. The highest BCUT2D eigenvalue weighted by molar-refractivity contribution is 7.07. The highest BCUT2D eigenvalue weighted by Crippen LogP contribution is 2.27. The molecule has 92 valence electrons. The van der Waals surface area contributed by atoms with E-state index in [1.165, 1.54) is 5.56 Å². The Kier molecular flexibility index (Phi) is 4.96. The van der Waals surface area contributed by atoms with Gasteiger partial charge in [-0.15, -0.1) is 0 Å². The summed E-state index contributed by atoms with van der Waals surface area (Å²) in [5.74, 6) is 0. The fourth-order valence-corrected chi connectivity index (χ4v) is 3.27. The standard InChI is InChI=1S/C13H24N2S/c1-5-13(6-2,15(3)4)12(14)9-11-7-8-16-10-11/h7-8,10,12H,5-6,9,14H2,1-4H3. The van der Waals surface area contributed by atoms with Crippen molar-refractivity contribution < 1.29 is 0 Å². The van der Waals surface area contributed by atoms with Crippen LogP contribution >= 0.6 is 11.3 Å². The smallest absolute Gasteiger partial charge is 0.0352 e. The van der Waals surface area contributed by atoms with E-state index < -0.39 is 0 Å². The Morgan fingerprint density at radius 3 is 2.38 bits per heavy atom. The van der Waals surface area contributed by atoms with E-state index >= 15 is 0 Å². The molecule has 3 heteroatoms. The predicted molar refractivity (Wildman–Crippen MR) is 73.0 cm³/mol. The maximum absolute atomic E-state index is 6.43. The summed E-state index contributed by atoms with van der Waals surface area (Å²) in [5.41, 5.74) is 7.92. The first-order valence-electron chi connectivity index (χ1n) is 6.01. The lowest BCUT2D eigenvalue weighted by Gasteiger charge is -2.43. The van der Waals surface area contributed by atoms with Gasteiger partial charge in [0.1, 0.15) is 0 Å². The van der Waals surface area contributed by atoms with Gasteiger partial charge in [0.25, 0.3) is 0 Å². The van der Waals surface area contributed by atoms with Gasteiger partial charge in [0.05, 0.1) is 0 Å². The SMILES string of the molecule is CCC(CC)(C(N)Cc1ccsc1)N(C)C. The van der Waals surface area contributed by atoms with Crippen LogP contribution in [0.5, 0.6) is 0 Å². The van der Waals surface area contributed by atoms with E-state index in [0.717, 1.165) is 19.3 Å². The zero-order valence-corrected chi connectivity index (χ0v) is 11.7. The molecular weight excluding hydrogens is 216 g/mol. The average Bonchev–Trinajstić information content (AvgIpc) is 2.72. The topological polar surface area (TPSA) is 29.3 Å². The van der Waals surface area contributed by atoms with Crippen LogP contribution in [0.1, 0.15) is 32.3 Å². The van der Waals surface area contributed by atoms with E-state index in [1.54, 1.807) is 11.3 Å². The van der Waals surface area contributed by atoms with E-state index in [9.17, 15) is 0 Å². The van der Waals surface area contributed by atoms with Crippen LogP contribution in [-0.2, 0) is 6.42 Å². The van der Waals surface area contributed by atoms with Gasteiger partial charge in [-0.2, -0.15) is 11.3 Å². The van der Waals surface area contributed by atoms with Gasteiger partial charge in [0.15, 0.2) is 0 Å². The van der Waals surface area contributed by atoms with Crippen molar-refractivity contribution in [3.63, 3.8) is 0 Å². The summed E-state index contributed by atoms with van der Waals surface area (Å²) in [6, 6.07) is 2.38. The number of rotatable bonds is 6. The van der Waals surface area contributed by atoms with Crippen LogP contribution in [0.25, 0.3) is 0 Å². The molecule has 1 aromatic rings. The average molecular weight is 240 g/mol. The monoisotopic (exact) mass is 240 g/mol. The minimum absolute atomic E-state index is 0.127. The molecule has 2 nitrogen and oxygen atoms in total. The second kappa shape index (κ2) is 5.80. The summed E-state index contributed by atoms with van der Waals surface area (Å²) < 4.78 is 0. The normalized spacial score (nSPS) is 14.4. The largest absolute Gasteiger partial charge is 0.326 e. The Labute approximate surface area is 103 Å². The van der Waals surface area contributed by atoms with Crippen molar-refractivity contribution in [2.24, 2.45) is 5.73 Å². The summed E-state index contributed by atoms with van der Waals surface area (Å²) in [7, 11) is 4.28. The van der Waals surface area contributed by atoms with Crippen LogP contribution in [-0.4, -0.2) is 30.6 Å². The maximum atomic E-state index is 6.43. The van der Waals surface area contributed by atoms with E-state index in [-0.39, 0.29) is 11.6 Å². The van der Waals surface area contributed by atoms with Crippen molar-refractivity contribution in [3.8, 4) is 0 Å². The molecule has 0 saturated heterocycles. The van der Waals surface area contributed by atoms with Gasteiger partial charge in [0.2, 0.25) is 0 Å². The van der Waals surface area contributed by atoms with Gasteiger partial charge < -0.3 is 10.6 Å². The van der Waals surface area contributed by atoms with Crippen molar-refractivity contribution in [2.45, 2.75) is 44.7 Å². The van der Waals surface area contributed by atoms with Gasteiger partial charge in [-0.25, -0.2) is 0 Å². The summed E-state index contributed by atoms with van der Waals surface area (Å²) in [5, 5.41) is 4.32. The first-order valence-corrected chi connectivity index (χ1v) is 6.95. The molecule has 0 aliphatic rings.